The minimum atomic E-state index is -0.234. The Balaban J connectivity index is 1.37. The van der Waals surface area contributed by atoms with Crippen molar-refractivity contribution in [3.8, 4) is 28.3 Å². The predicted octanol–water partition coefficient (Wildman–Crippen LogP) is 4.31. The average Bonchev–Trinajstić information content (AvgIpc) is 3.35. The molecule has 7 heteroatoms. The molecule has 4 heterocycles. The van der Waals surface area contributed by atoms with Crippen LogP contribution in [-0.2, 0) is 0 Å². The van der Waals surface area contributed by atoms with Gasteiger partial charge in [0.15, 0.2) is 0 Å². The molecule has 1 aromatic carbocycles. The molecule has 0 aliphatic carbocycles. The average molecular weight is 376 g/mol. The Hall–Kier alpha value is -3.22. The van der Waals surface area contributed by atoms with Gasteiger partial charge >= 0.3 is 6.09 Å². The van der Waals surface area contributed by atoms with Crippen LogP contribution < -0.4 is 4.74 Å². The van der Waals surface area contributed by atoms with E-state index in [-0.39, 0.29) is 6.09 Å². The Kier molecular flexibility index (Phi) is 4.27. The molecule has 142 valence electrons. The summed E-state index contributed by atoms with van der Waals surface area (Å²) in [5.74, 6) is 0.952. The number of rotatable bonds is 3. The van der Waals surface area contributed by atoms with E-state index in [0.29, 0.717) is 23.7 Å². The first-order valence-electron chi connectivity index (χ1n) is 9.60. The van der Waals surface area contributed by atoms with Crippen molar-refractivity contribution in [3.05, 3.63) is 49.1 Å². The van der Waals surface area contributed by atoms with E-state index >= 15 is 0 Å². The molecule has 0 radical (unpaired) electrons. The summed E-state index contributed by atoms with van der Waals surface area (Å²) in [4.78, 5) is 19.0. The molecule has 2 unspecified atom stereocenters. The van der Waals surface area contributed by atoms with Gasteiger partial charge in [-0.1, -0.05) is 12.1 Å². The molecule has 0 saturated carbocycles. The number of nitrogens with zero attached hydrogens (tertiary/aromatic N) is 4. The summed E-state index contributed by atoms with van der Waals surface area (Å²) < 4.78 is 11.0. The minimum absolute atomic E-state index is 0.234. The van der Waals surface area contributed by atoms with Gasteiger partial charge in [-0.25, -0.2) is 4.79 Å². The summed E-state index contributed by atoms with van der Waals surface area (Å²) >= 11 is 0. The van der Waals surface area contributed by atoms with Gasteiger partial charge in [0.2, 0.25) is 12.3 Å². The summed E-state index contributed by atoms with van der Waals surface area (Å²) in [6.07, 6.45) is 10.0. The molecule has 0 N–H and O–H groups in total. The van der Waals surface area contributed by atoms with Gasteiger partial charge in [0.1, 0.15) is 5.75 Å². The van der Waals surface area contributed by atoms with Crippen molar-refractivity contribution in [2.24, 2.45) is 0 Å². The van der Waals surface area contributed by atoms with E-state index in [1.54, 1.807) is 12.4 Å². The Bertz CT molecular complexity index is 973. The SMILES string of the molecule is O=C(Oc1cccc(-c2cncc(-c3nnco3)c2)c1)N1C2CCCC1CC2. The Labute approximate surface area is 162 Å². The summed E-state index contributed by atoms with van der Waals surface area (Å²) in [5, 5.41) is 7.62. The van der Waals surface area contributed by atoms with Gasteiger partial charge in [-0.2, -0.15) is 0 Å². The molecular formula is C21H20N4O3. The molecule has 5 rings (SSSR count). The van der Waals surface area contributed by atoms with Gasteiger partial charge in [-0.05, 0) is 55.9 Å². The zero-order chi connectivity index (χ0) is 18.9. The van der Waals surface area contributed by atoms with Crippen molar-refractivity contribution < 1.29 is 13.9 Å². The van der Waals surface area contributed by atoms with Gasteiger partial charge in [-0.15, -0.1) is 10.2 Å². The quantitative estimate of drug-likeness (QED) is 0.677. The standard InChI is InChI=1S/C21H20N4O3/c26-21(25-17-4-2-5-18(25)8-7-17)28-19-6-1-3-14(10-19)15-9-16(12-22-11-15)20-24-23-13-27-20/h1,3,6,9-13,17-18H,2,4-5,7-8H2. The second-order valence-electron chi connectivity index (χ2n) is 7.33. The highest BCUT2D eigenvalue weighted by molar-refractivity contribution is 5.74. The zero-order valence-corrected chi connectivity index (χ0v) is 15.3. The molecule has 7 nitrogen and oxygen atoms in total. The molecule has 2 saturated heterocycles. The lowest BCUT2D eigenvalue weighted by Gasteiger charge is -2.33. The van der Waals surface area contributed by atoms with Crippen molar-refractivity contribution in [2.45, 2.75) is 44.2 Å². The van der Waals surface area contributed by atoms with Crippen LogP contribution in [0.4, 0.5) is 4.79 Å². The van der Waals surface area contributed by atoms with Crippen LogP contribution in [0.25, 0.3) is 22.6 Å². The van der Waals surface area contributed by atoms with E-state index in [2.05, 4.69) is 15.2 Å². The smallest absolute Gasteiger partial charge is 0.415 e. The predicted molar refractivity (Wildman–Crippen MR) is 101 cm³/mol. The van der Waals surface area contributed by atoms with Gasteiger partial charge in [0.05, 0.1) is 5.56 Å². The normalized spacial score (nSPS) is 20.9. The summed E-state index contributed by atoms with van der Waals surface area (Å²) in [6.45, 7) is 0. The van der Waals surface area contributed by atoms with E-state index in [1.165, 1.54) is 12.8 Å². The topological polar surface area (TPSA) is 81.3 Å². The number of hydrogen-bond acceptors (Lipinski definition) is 6. The maximum Gasteiger partial charge on any atom is 0.415 e. The van der Waals surface area contributed by atoms with Crippen LogP contribution in [0, 0.1) is 0 Å². The van der Waals surface area contributed by atoms with Gasteiger partial charge in [0, 0.05) is 30.0 Å². The fraction of sp³-hybridized carbons (Fsp3) is 0.333. The highest BCUT2D eigenvalue weighted by Crippen LogP contribution is 2.36. The molecule has 2 aliphatic heterocycles. The van der Waals surface area contributed by atoms with Crippen molar-refractivity contribution in [2.75, 3.05) is 0 Å². The van der Waals surface area contributed by atoms with Crippen LogP contribution in [0.5, 0.6) is 5.75 Å². The van der Waals surface area contributed by atoms with E-state index in [4.69, 9.17) is 9.15 Å². The summed E-state index contributed by atoms with van der Waals surface area (Å²) in [5.41, 5.74) is 2.52. The number of pyridine rings is 1. The molecule has 3 aromatic rings. The minimum Gasteiger partial charge on any atom is -0.423 e. The molecular weight excluding hydrogens is 356 g/mol. The molecule has 2 atom stereocenters. The van der Waals surface area contributed by atoms with Crippen molar-refractivity contribution in [1.29, 1.82) is 0 Å². The first-order valence-corrected chi connectivity index (χ1v) is 9.60. The first kappa shape index (κ1) is 16.9. The Morgan fingerprint density at radius 2 is 1.86 bits per heavy atom. The number of carbonyl (C=O) groups is 1. The zero-order valence-electron chi connectivity index (χ0n) is 15.3. The van der Waals surface area contributed by atoms with Crippen LogP contribution >= 0.6 is 0 Å². The van der Waals surface area contributed by atoms with Crippen LogP contribution in [0.15, 0.2) is 53.5 Å². The second kappa shape index (κ2) is 7.07. The molecule has 2 aliphatic rings. The number of piperidine rings is 1. The van der Waals surface area contributed by atoms with E-state index < -0.39 is 0 Å². The maximum atomic E-state index is 12.7. The Morgan fingerprint density at radius 1 is 1.04 bits per heavy atom. The van der Waals surface area contributed by atoms with Crippen LogP contribution in [0.3, 0.4) is 0 Å². The molecule has 0 spiro atoms. The van der Waals surface area contributed by atoms with Crippen LogP contribution in [0.2, 0.25) is 0 Å². The number of aromatic nitrogens is 3. The second-order valence-corrected chi connectivity index (χ2v) is 7.33. The number of ether oxygens (including phenoxy) is 1. The monoisotopic (exact) mass is 376 g/mol. The number of fused-ring (bicyclic) bond motifs is 2. The molecule has 28 heavy (non-hydrogen) atoms. The number of amides is 1. The third-order valence-electron chi connectivity index (χ3n) is 5.62. The lowest BCUT2D eigenvalue weighted by atomic mass is 10.0. The van der Waals surface area contributed by atoms with E-state index in [1.807, 2.05) is 35.2 Å². The van der Waals surface area contributed by atoms with Gasteiger partial charge in [-0.3, -0.25) is 4.98 Å². The maximum absolute atomic E-state index is 12.7. The van der Waals surface area contributed by atoms with Gasteiger partial charge < -0.3 is 14.1 Å². The number of hydrogen-bond donors (Lipinski definition) is 0. The number of benzene rings is 1. The summed E-state index contributed by atoms with van der Waals surface area (Å²) in [6, 6.07) is 10.1. The highest BCUT2D eigenvalue weighted by atomic mass is 16.6. The fourth-order valence-electron chi connectivity index (χ4n) is 4.32. The molecule has 2 fully saturated rings. The third kappa shape index (κ3) is 3.13. The van der Waals surface area contributed by atoms with Gasteiger partial charge in [0.25, 0.3) is 0 Å². The largest absolute Gasteiger partial charge is 0.423 e. The Morgan fingerprint density at radius 3 is 2.64 bits per heavy atom. The van der Waals surface area contributed by atoms with Crippen LogP contribution in [-0.4, -0.2) is 38.3 Å². The lowest BCUT2D eigenvalue weighted by molar-refractivity contribution is 0.109. The summed E-state index contributed by atoms with van der Waals surface area (Å²) in [7, 11) is 0. The van der Waals surface area contributed by atoms with E-state index in [9.17, 15) is 4.79 Å². The lowest BCUT2D eigenvalue weighted by Crippen LogP contribution is -2.45. The fourth-order valence-corrected chi connectivity index (χ4v) is 4.32. The molecule has 2 aromatic heterocycles. The van der Waals surface area contributed by atoms with Crippen molar-refractivity contribution >= 4 is 6.09 Å². The first-order chi connectivity index (χ1) is 13.8. The van der Waals surface area contributed by atoms with Crippen LogP contribution in [0.1, 0.15) is 32.1 Å². The van der Waals surface area contributed by atoms with Crippen molar-refractivity contribution in [3.63, 3.8) is 0 Å². The van der Waals surface area contributed by atoms with Crippen molar-refractivity contribution in [1.82, 2.24) is 20.1 Å². The highest BCUT2D eigenvalue weighted by Gasteiger charge is 2.40. The molecule has 2 bridgehead atoms. The number of carbonyl (C=O) groups excluding carboxylic acids is 1. The third-order valence-corrected chi connectivity index (χ3v) is 5.62. The molecule has 1 amide bonds. The van der Waals surface area contributed by atoms with E-state index in [0.717, 1.165) is 42.4 Å².